The first-order chi connectivity index (χ1) is 9.21. The van der Waals surface area contributed by atoms with Gasteiger partial charge in [0, 0.05) is 31.5 Å². The van der Waals surface area contributed by atoms with Crippen molar-refractivity contribution in [1.29, 1.82) is 0 Å². The first-order valence-corrected chi connectivity index (χ1v) is 8.51. The second kappa shape index (κ2) is 5.18. The van der Waals surface area contributed by atoms with Crippen molar-refractivity contribution in [2.45, 2.75) is 31.1 Å². The lowest BCUT2D eigenvalue weighted by Gasteiger charge is -2.27. The summed E-state index contributed by atoms with van der Waals surface area (Å²) in [6.07, 6.45) is 2.35. The van der Waals surface area contributed by atoms with Crippen molar-refractivity contribution in [3.63, 3.8) is 0 Å². The van der Waals surface area contributed by atoms with Crippen molar-refractivity contribution in [2.24, 2.45) is 5.73 Å². The van der Waals surface area contributed by atoms with E-state index in [-0.39, 0.29) is 5.91 Å². The van der Waals surface area contributed by atoms with Crippen LogP contribution < -0.4 is 10.6 Å². The van der Waals surface area contributed by atoms with Gasteiger partial charge in [-0.2, -0.15) is 0 Å². The van der Waals surface area contributed by atoms with Crippen LogP contribution in [0.1, 0.15) is 30.5 Å². The molecule has 20 heavy (non-hydrogen) atoms. The van der Waals surface area contributed by atoms with Gasteiger partial charge in [-0.05, 0) is 30.5 Å². The van der Waals surface area contributed by atoms with Gasteiger partial charge in [-0.25, -0.2) is 8.42 Å². The molecule has 2 unspecified atom stereocenters. The van der Waals surface area contributed by atoms with Crippen LogP contribution in [0.15, 0.2) is 18.2 Å². The Morgan fingerprint density at radius 3 is 2.55 bits per heavy atom. The van der Waals surface area contributed by atoms with E-state index in [0.29, 0.717) is 12.8 Å². The van der Waals surface area contributed by atoms with Gasteiger partial charge in [0.2, 0.25) is 5.91 Å². The van der Waals surface area contributed by atoms with Crippen LogP contribution in [0.25, 0.3) is 0 Å². The van der Waals surface area contributed by atoms with Crippen LogP contribution in [0.4, 0.5) is 5.69 Å². The summed E-state index contributed by atoms with van der Waals surface area (Å²) in [6.45, 7) is 1.62. The van der Waals surface area contributed by atoms with Crippen LogP contribution in [-0.4, -0.2) is 32.9 Å². The second-order valence-corrected chi connectivity index (χ2v) is 7.80. The average molecular weight is 296 g/mol. The molecule has 5 nitrogen and oxygen atoms in total. The zero-order valence-corrected chi connectivity index (χ0v) is 12.8. The maximum absolute atomic E-state index is 11.6. The molecule has 0 fully saturated rings. The lowest BCUT2D eigenvalue weighted by molar-refractivity contribution is -0.118. The van der Waals surface area contributed by atoms with Gasteiger partial charge >= 0.3 is 0 Å². The molecule has 1 aliphatic heterocycles. The zero-order chi connectivity index (χ0) is 15.1. The molecule has 0 aliphatic carbocycles. The van der Waals surface area contributed by atoms with Crippen LogP contribution in [0.2, 0.25) is 0 Å². The summed E-state index contributed by atoms with van der Waals surface area (Å²) in [4.78, 5) is 13.3. The largest absolute Gasteiger partial charge is 0.323 e. The van der Waals surface area contributed by atoms with E-state index < -0.39 is 21.1 Å². The summed E-state index contributed by atoms with van der Waals surface area (Å²) < 4.78 is 23.2. The number of benzene rings is 1. The van der Waals surface area contributed by atoms with Gasteiger partial charge in [0.05, 0.1) is 5.25 Å². The van der Waals surface area contributed by atoms with E-state index in [2.05, 4.69) is 0 Å². The Balaban J connectivity index is 2.35. The highest BCUT2D eigenvalue weighted by Crippen LogP contribution is 2.30. The molecule has 2 N–H and O–H groups in total. The molecule has 1 aromatic carbocycles. The van der Waals surface area contributed by atoms with Gasteiger partial charge in [0.1, 0.15) is 0 Å². The van der Waals surface area contributed by atoms with E-state index in [0.717, 1.165) is 16.8 Å². The fraction of sp³-hybridized carbons (Fsp3) is 0.500. The summed E-state index contributed by atoms with van der Waals surface area (Å²) >= 11 is 0. The van der Waals surface area contributed by atoms with Crippen LogP contribution in [0.5, 0.6) is 0 Å². The third-order valence-corrected chi connectivity index (χ3v) is 5.66. The fourth-order valence-corrected chi connectivity index (χ4v) is 3.11. The first kappa shape index (κ1) is 15.0. The minimum absolute atomic E-state index is 0.0963. The highest BCUT2D eigenvalue weighted by atomic mass is 32.2. The van der Waals surface area contributed by atoms with E-state index in [1.54, 1.807) is 24.9 Å². The number of aryl methyl sites for hydroxylation is 1. The van der Waals surface area contributed by atoms with Gasteiger partial charge in [-0.3, -0.25) is 4.79 Å². The monoisotopic (exact) mass is 296 g/mol. The van der Waals surface area contributed by atoms with Gasteiger partial charge in [-0.1, -0.05) is 12.1 Å². The molecule has 0 spiro atoms. The number of nitrogens with zero attached hydrogens (tertiary/aromatic N) is 1. The van der Waals surface area contributed by atoms with Gasteiger partial charge in [0.25, 0.3) is 0 Å². The molecule has 1 heterocycles. The molecule has 6 heteroatoms. The lowest BCUT2D eigenvalue weighted by atomic mass is 9.96. The molecule has 2 rings (SSSR count). The molecule has 0 saturated carbocycles. The normalized spacial score (nSPS) is 18.6. The third-order valence-electron chi connectivity index (χ3n) is 4.01. The summed E-state index contributed by atoms with van der Waals surface area (Å²) in [6, 6.07) is 5.01. The predicted octanol–water partition coefficient (Wildman–Crippen LogP) is 1.03. The maximum atomic E-state index is 11.6. The van der Waals surface area contributed by atoms with Crippen molar-refractivity contribution in [2.75, 3.05) is 18.2 Å². The molecule has 0 aromatic heterocycles. The average Bonchev–Trinajstić information content (AvgIpc) is 2.40. The van der Waals surface area contributed by atoms with E-state index >= 15 is 0 Å². The van der Waals surface area contributed by atoms with Crippen molar-refractivity contribution in [1.82, 2.24) is 0 Å². The summed E-state index contributed by atoms with van der Waals surface area (Å²) in [5.74, 6) is 0.0963. The Kier molecular flexibility index (Phi) is 3.88. The Bertz CT molecular complexity index is 640. The second-order valence-electron chi connectivity index (χ2n) is 5.40. The number of anilines is 1. The first-order valence-electron chi connectivity index (χ1n) is 6.55. The van der Waals surface area contributed by atoms with E-state index in [4.69, 9.17) is 5.73 Å². The standard InChI is InChI=1S/C14H20N2O3S/c1-9(20(3,18)19)14(15)11-4-6-12-10(8-11)5-7-13(17)16(12)2/h4,6,8-9,14H,5,7,15H2,1-3H3. The van der Waals surface area contributed by atoms with Gasteiger partial charge < -0.3 is 10.6 Å². The number of fused-ring (bicyclic) bond motifs is 1. The van der Waals surface area contributed by atoms with Gasteiger partial charge in [0.15, 0.2) is 9.84 Å². The lowest BCUT2D eigenvalue weighted by Crippen LogP contribution is -2.32. The molecule has 110 valence electrons. The number of rotatable bonds is 3. The predicted molar refractivity (Wildman–Crippen MR) is 79.4 cm³/mol. The maximum Gasteiger partial charge on any atom is 0.227 e. The number of amides is 1. The Morgan fingerprint density at radius 1 is 1.30 bits per heavy atom. The summed E-state index contributed by atoms with van der Waals surface area (Å²) in [7, 11) is -1.43. The Labute approximate surface area is 119 Å². The number of sulfone groups is 1. The highest BCUT2D eigenvalue weighted by Gasteiger charge is 2.26. The van der Waals surface area contributed by atoms with Crippen LogP contribution in [0.3, 0.4) is 0 Å². The Hall–Kier alpha value is -1.40. The topological polar surface area (TPSA) is 80.5 Å². The van der Waals surface area contributed by atoms with Crippen molar-refractivity contribution >= 4 is 21.4 Å². The molecule has 0 saturated heterocycles. The molecule has 2 atom stereocenters. The molecule has 1 aliphatic rings. The number of hydrogen-bond donors (Lipinski definition) is 1. The quantitative estimate of drug-likeness (QED) is 0.903. The number of nitrogens with two attached hydrogens (primary N) is 1. The smallest absolute Gasteiger partial charge is 0.227 e. The number of carbonyl (C=O) groups excluding carboxylic acids is 1. The van der Waals surface area contributed by atoms with E-state index in [9.17, 15) is 13.2 Å². The fourth-order valence-electron chi connectivity index (χ4n) is 2.42. The molecule has 1 amide bonds. The van der Waals surface area contributed by atoms with Crippen molar-refractivity contribution in [3.8, 4) is 0 Å². The SMILES string of the molecule is CC(C(N)c1ccc2c(c1)CCC(=O)N2C)S(C)(=O)=O. The Morgan fingerprint density at radius 2 is 1.95 bits per heavy atom. The van der Waals surface area contributed by atoms with Gasteiger partial charge in [-0.15, -0.1) is 0 Å². The molecular formula is C14H20N2O3S. The van der Waals surface area contributed by atoms with Crippen LogP contribution >= 0.6 is 0 Å². The number of hydrogen-bond acceptors (Lipinski definition) is 4. The third kappa shape index (κ3) is 2.71. The van der Waals surface area contributed by atoms with Crippen molar-refractivity contribution in [3.05, 3.63) is 29.3 Å². The number of carbonyl (C=O) groups is 1. The summed E-state index contributed by atoms with van der Waals surface area (Å²) in [5, 5.41) is -0.636. The minimum atomic E-state index is -3.18. The zero-order valence-electron chi connectivity index (χ0n) is 12.0. The summed E-state index contributed by atoms with van der Waals surface area (Å²) in [5.41, 5.74) is 8.78. The molecule has 1 aromatic rings. The highest BCUT2D eigenvalue weighted by molar-refractivity contribution is 7.91. The van der Waals surface area contributed by atoms with E-state index in [1.807, 2.05) is 12.1 Å². The molecular weight excluding hydrogens is 276 g/mol. The van der Waals surface area contributed by atoms with Crippen LogP contribution in [0, 0.1) is 0 Å². The van der Waals surface area contributed by atoms with Crippen molar-refractivity contribution < 1.29 is 13.2 Å². The van der Waals surface area contributed by atoms with Crippen LogP contribution in [-0.2, 0) is 21.1 Å². The molecule has 0 bridgehead atoms. The van der Waals surface area contributed by atoms with E-state index in [1.165, 1.54) is 6.26 Å². The minimum Gasteiger partial charge on any atom is -0.323 e. The molecule has 0 radical (unpaired) electrons.